The van der Waals surface area contributed by atoms with Crippen LogP contribution in [0.25, 0.3) is 16.6 Å². The van der Waals surface area contributed by atoms with Gasteiger partial charge in [-0.25, -0.2) is 18.3 Å². The number of carbonyl (C=O) groups is 1. The number of halogens is 2. The molecule has 1 atom stereocenters. The van der Waals surface area contributed by atoms with Gasteiger partial charge in [0.2, 0.25) is 18.3 Å². The topological polar surface area (TPSA) is 87.2 Å². The monoisotopic (exact) mass is 443 g/mol. The van der Waals surface area contributed by atoms with Gasteiger partial charge in [-0.15, -0.1) is 5.10 Å². The highest BCUT2D eigenvalue weighted by molar-refractivity contribution is 5.81. The number of rotatable bonds is 7. The number of likely N-dealkylation sites (N-methyl/N-ethyl adjacent to an activating group) is 1. The van der Waals surface area contributed by atoms with Crippen LogP contribution in [0.3, 0.4) is 0 Å². The molecule has 1 aliphatic heterocycles. The molecule has 0 bridgehead atoms. The van der Waals surface area contributed by atoms with Crippen LogP contribution in [0.15, 0.2) is 46.9 Å². The van der Waals surface area contributed by atoms with Gasteiger partial charge in [0, 0.05) is 52.7 Å². The van der Waals surface area contributed by atoms with Crippen LogP contribution in [-0.4, -0.2) is 58.5 Å². The van der Waals surface area contributed by atoms with E-state index < -0.39 is 6.43 Å². The minimum atomic E-state index is -2.37. The van der Waals surface area contributed by atoms with Crippen molar-refractivity contribution in [3.8, 4) is 11.1 Å². The molecule has 1 unspecified atom stereocenters. The van der Waals surface area contributed by atoms with E-state index in [1.165, 1.54) is 0 Å². The van der Waals surface area contributed by atoms with Crippen LogP contribution in [0.1, 0.15) is 26.3 Å². The van der Waals surface area contributed by atoms with Crippen LogP contribution in [0, 0.1) is 0 Å². The molecule has 0 saturated carbocycles. The van der Waals surface area contributed by atoms with Crippen molar-refractivity contribution in [3.05, 3.63) is 42.2 Å². The maximum absolute atomic E-state index is 12.8. The van der Waals surface area contributed by atoms with Gasteiger partial charge < -0.3 is 10.2 Å². The number of carbonyl (C=O) groups excluding carboxylic acids is 1. The van der Waals surface area contributed by atoms with Gasteiger partial charge in [0.15, 0.2) is 0 Å². The number of hydrogen-bond acceptors (Lipinski definition) is 6. The summed E-state index contributed by atoms with van der Waals surface area (Å²) in [7, 11) is 3.35. The summed E-state index contributed by atoms with van der Waals surface area (Å²) in [5.74, 6) is 0.637. The molecule has 1 aromatic carbocycles. The molecule has 10 heteroatoms. The van der Waals surface area contributed by atoms with Crippen molar-refractivity contribution < 1.29 is 15.0 Å². The zero-order chi connectivity index (χ0) is 22.7. The Hall–Kier alpha value is -3.43. The number of amides is 1. The van der Waals surface area contributed by atoms with Gasteiger partial charge in [-0.1, -0.05) is 6.07 Å². The third kappa shape index (κ3) is 4.74. The average molecular weight is 444 g/mol. The van der Waals surface area contributed by atoms with E-state index in [0.29, 0.717) is 24.6 Å². The fourth-order valence-electron chi connectivity index (χ4n) is 3.95. The second kappa shape index (κ2) is 9.37. The Bertz CT molecular complexity index is 1150. The molecule has 0 radical (unpaired) electrons. The molecule has 0 spiro atoms. The van der Waals surface area contributed by atoms with Crippen molar-refractivity contribution in [2.75, 3.05) is 26.0 Å². The van der Waals surface area contributed by atoms with E-state index in [0.717, 1.165) is 28.6 Å². The van der Waals surface area contributed by atoms with Crippen LogP contribution in [0.2, 0.25) is 0 Å². The molecule has 170 valence electrons. The minimum absolute atomic E-state index is 0. The minimum Gasteiger partial charge on any atom is -0.348 e. The third-order valence-electron chi connectivity index (χ3n) is 5.61. The molecule has 3 heterocycles. The molecule has 8 nitrogen and oxygen atoms in total. The number of piperidine rings is 1. The van der Waals surface area contributed by atoms with Crippen molar-refractivity contribution in [2.45, 2.75) is 38.2 Å². The summed E-state index contributed by atoms with van der Waals surface area (Å²) in [5.41, 5.74) is 3.90. The molecule has 4 rings (SSSR count). The lowest BCUT2D eigenvalue weighted by molar-refractivity contribution is -0.132. The standard InChI is InChI=1S/C22H25F2N7O.H2/c1-25-28-18-6-3-14(11-15(18)4-7-20(23)24)17-9-10-31-19(17)12-26-22(29-31)27-16-5-8-21(32)30(2)13-16;/h3,6,9-12,16,20H,4-5,7-8,13H2,1-2H3,(H,27,29);1H. The van der Waals surface area contributed by atoms with Crippen molar-refractivity contribution >= 4 is 23.1 Å². The summed E-state index contributed by atoms with van der Waals surface area (Å²) in [4.78, 5) is 17.8. The molecule has 3 aromatic rings. The van der Waals surface area contributed by atoms with E-state index >= 15 is 0 Å². The van der Waals surface area contributed by atoms with Gasteiger partial charge in [0.1, 0.15) is 0 Å². The number of alkyl halides is 2. The lowest BCUT2D eigenvalue weighted by Gasteiger charge is -2.30. The normalized spacial score (nSPS) is 17.1. The molecule has 1 N–H and O–H groups in total. The number of fused-ring (bicyclic) bond motifs is 1. The summed E-state index contributed by atoms with van der Waals surface area (Å²) < 4.78 is 27.3. The number of hydrogen-bond donors (Lipinski definition) is 1. The summed E-state index contributed by atoms with van der Waals surface area (Å²) in [6, 6.07) is 7.59. The van der Waals surface area contributed by atoms with Gasteiger partial charge in [0.05, 0.1) is 17.4 Å². The first-order valence-electron chi connectivity index (χ1n) is 10.5. The Labute approximate surface area is 185 Å². The van der Waals surface area contributed by atoms with Gasteiger partial charge in [-0.3, -0.25) is 4.79 Å². The van der Waals surface area contributed by atoms with Crippen LogP contribution in [0.5, 0.6) is 0 Å². The second-order valence-electron chi connectivity index (χ2n) is 7.87. The van der Waals surface area contributed by atoms with Crippen LogP contribution in [-0.2, 0) is 11.2 Å². The molecule has 1 aliphatic rings. The number of anilines is 1. The first kappa shape index (κ1) is 21.8. The molecule has 1 saturated heterocycles. The number of likely N-dealkylation sites (tertiary alicyclic amines) is 1. The first-order valence-corrected chi connectivity index (χ1v) is 10.5. The van der Waals surface area contributed by atoms with Crippen LogP contribution < -0.4 is 5.32 Å². The molecule has 32 heavy (non-hydrogen) atoms. The summed E-state index contributed by atoms with van der Waals surface area (Å²) >= 11 is 0. The van der Waals surface area contributed by atoms with Crippen molar-refractivity contribution in [1.29, 1.82) is 0 Å². The first-order chi connectivity index (χ1) is 15.4. The number of nitrogens with one attached hydrogen (secondary N) is 1. The highest BCUT2D eigenvalue weighted by atomic mass is 19.3. The van der Waals surface area contributed by atoms with E-state index in [9.17, 15) is 13.6 Å². The van der Waals surface area contributed by atoms with E-state index in [2.05, 4.69) is 25.6 Å². The van der Waals surface area contributed by atoms with Crippen LogP contribution >= 0.6 is 0 Å². The largest absolute Gasteiger partial charge is 0.348 e. The van der Waals surface area contributed by atoms with Gasteiger partial charge in [-0.2, -0.15) is 10.2 Å². The summed E-state index contributed by atoms with van der Waals surface area (Å²) in [5, 5.41) is 15.7. The predicted octanol–water partition coefficient (Wildman–Crippen LogP) is 4.59. The fourth-order valence-corrected chi connectivity index (χ4v) is 3.95. The van der Waals surface area contributed by atoms with E-state index in [1.807, 2.05) is 24.4 Å². The highest BCUT2D eigenvalue weighted by Crippen LogP contribution is 2.31. The molecule has 1 fully saturated rings. The van der Waals surface area contributed by atoms with Crippen LogP contribution in [0.4, 0.5) is 20.4 Å². The molecular formula is C22H27F2N7O. The Balaban J connectivity index is 0.00000306. The van der Waals surface area contributed by atoms with Crippen molar-refractivity contribution in [2.24, 2.45) is 10.2 Å². The van der Waals surface area contributed by atoms with Crippen molar-refractivity contribution in [1.82, 2.24) is 19.5 Å². The quantitative estimate of drug-likeness (QED) is 0.541. The number of azo groups is 1. The maximum Gasteiger partial charge on any atom is 0.241 e. The Morgan fingerprint density at radius 1 is 1.34 bits per heavy atom. The SMILES string of the molecule is CN=Nc1ccc(-c2ccn3nc(NC4CCC(=O)N(C)C4)ncc23)cc1CCC(F)F.[HH]. The average Bonchev–Trinajstić information content (AvgIpc) is 3.19. The zero-order valence-corrected chi connectivity index (χ0v) is 18.0. The Morgan fingerprint density at radius 3 is 2.94 bits per heavy atom. The Kier molecular flexibility index (Phi) is 6.38. The zero-order valence-electron chi connectivity index (χ0n) is 18.0. The van der Waals surface area contributed by atoms with E-state index in [-0.39, 0.29) is 26.2 Å². The smallest absolute Gasteiger partial charge is 0.241 e. The summed E-state index contributed by atoms with van der Waals surface area (Å²) in [6.45, 7) is 0.611. The molecule has 1 amide bonds. The van der Waals surface area contributed by atoms with Gasteiger partial charge in [-0.05, 0) is 42.2 Å². The van der Waals surface area contributed by atoms with Crippen molar-refractivity contribution in [3.63, 3.8) is 0 Å². The second-order valence-corrected chi connectivity index (χ2v) is 7.87. The lowest BCUT2D eigenvalue weighted by Crippen LogP contribution is -2.43. The van der Waals surface area contributed by atoms with E-state index in [1.54, 1.807) is 35.8 Å². The number of nitrogens with zero attached hydrogens (tertiary/aromatic N) is 6. The number of aromatic nitrogens is 3. The fraction of sp³-hybridized carbons (Fsp3) is 0.409. The highest BCUT2D eigenvalue weighted by Gasteiger charge is 2.23. The summed E-state index contributed by atoms with van der Waals surface area (Å²) in [6.07, 6.45) is 2.44. The maximum atomic E-state index is 12.8. The van der Waals surface area contributed by atoms with Gasteiger partial charge >= 0.3 is 0 Å². The third-order valence-corrected chi connectivity index (χ3v) is 5.61. The molecule has 2 aromatic heterocycles. The predicted molar refractivity (Wildman–Crippen MR) is 120 cm³/mol. The molecule has 0 aliphatic carbocycles. The molecular weight excluding hydrogens is 416 g/mol. The Morgan fingerprint density at radius 2 is 2.19 bits per heavy atom. The van der Waals surface area contributed by atoms with E-state index in [4.69, 9.17) is 0 Å². The van der Waals surface area contributed by atoms with Gasteiger partial charge in [0.25, 0.3) is 0 Å². The lowest BCUT2D eigenvalue weighted by atomic mass is 10.0. The number of aryl methyl sites for hydroxylation is 1. The number of benzene rings is 1.